The lowest BCUT2D eigenvalue weighted by molar-refractivity contribution is -0.134. The maximum atomic E-state index is 13.8. The van der Waals surface area contributed by atoms with Crippen molar-refractivity contribution in [1.82, 2.24) is 19.7 Å². The molecular formula is C27H40N4O3. The molecule has 1 aliphatic heterocycles. The number of furan rings is 1. The van der Waals surface area contributed by atoms with Crippen LogP contribution in [0.1, 0.15) is 70.3 Å². The Balaban J connectivity index is 1.60. The lowest BCUT2D eigenvalue weighted by Gasteiger charge is -2.45. The summed E-state index contributed by atoms with van der Waals surface area (Å²) >= 11 is 0. The van der Waals surface area contributed by atoms with Gasteiger partial charge in [-0.05, 0) is 88.8 Å². The highest BCUT2D eigenvalue weighted by atomic mass is 16.3. The molecule has 2 aliphatic rings. The van der Waals surface area contributed by atoms with Crippen molar-refractivity contribution < 1.29 is 14.0 Å². The summed E-state index contributed by atoms with van der Waals surface area (Å²) in [6.07, 6.45) is 6.76. The predicted molar refractivity (Wildman–Crippen MR) is 134 cm³/mol. The molecule has 1 fully saturated rings. The average Bonchev–Trinajstić information content (AvgIpc) is 3.50. The first-order valence-corrected chi connectivity index (χ1v) is 13.0. The molecule has 0 radical (unpaired) electrons. The zero-order chi connectivity index (χ0) is 24.3. The number of fused-ring (bicyclic) bond motifs is 1. The van der Waals surface area contributed by atoms with E-state index in [1.165, 1.54) is 0 Å². The molecule has 3 heterocycles. The van der Waals surface area contributed by atoms with Gasteiger partial charge in [0, 0.05) is 12.6 Å². The van der Waals surface area contributed by atoms with Crippen LogP contribution in [0.4, 0.5) is 0 Å². The van der Waals surface area contributed by atoms with Crippen LogP contribution in [-0.4, -0.2) is 63.9 Å². The van der Waals surface area contributed by atoms with Gasteiger partial charge in [-0.3, -0.25) is 9.59 Å². The first-order valence-electron chi connectivity index (χ1n) is 13.0. The summed E-state index contributed by atoms with van der Waals surface area (Å²) in [6.45, 7) is 12.4. The van der Waals surface area contributed by atoms with Crippen molar-refractivity contribution in [2.75, 3.05) is 26.2 Å². The van der Waals surface area contributed by atoms with Crippen molar-refractivity contribution in [3.63, 3.8) is 0 Å². The molecule has 0 bridgehead atoms. The molecule has 34 heavy (non-hydrogen) atoms. The third-order valence-electron chi connectivity index (χ3n) is 7.87. The van der Waals surface area contributed by atoms with E-state index in [1.54, 1.807) is 6.26 Å². The number of carbonyl (C=O) groups excluding carboxylic acids is 2. The van der Waals surface area contributed by atoms with Gasteiger partial charge in [-0.1, -0.05) is 20.8 Å². The van der Waals surface area contributed by atoms with Gasteiger partial charge in [0.2, 0.25) is 5.91 Å². The Labute approximate surface area is 203 Å². The van der Waals surface area contributed by atoms with E-state index in [1.807, 2.05) is 40.7 Å². The zero-order valence-corrected chi connectivity index (χ0v) is 21.2. The van der Waals surface area contributed by atoms with E-state index in [0.29, 0.717) is 24.5 Å². The fraction of sp³-hybridized carbons (Fsp3) is 0.630. The van der Waals surface area contributed by atoms with Crippen molar-refractivity contribution in [2.45, 2.75) is 77.9 Å². The molecule has 7 nitrogen and oxygen atoms in total. The molecule has 1 atom stereocenters. The van der Waals surface area contributed by atoms with Gasteiger partial charge in [-0.2, -0.15) is 0 Å². The molecule has 1 saturated carbocycles. The van der Waals surface area contributed by atoms with Gasteiger partial charge in [-0.25, -0.2) is 0 Å². The second-order valence-electron chi connectivity index (χ2n) is 10.2. The highest BCUT2D eigenvalue weighted by molar-refractivity contribution is 6.00. The summed E-state index contributed by atoms with van der Waals surface area (Å²) in [5.74, 6) is 1.29. The van der Waals surface area contributed by atoms with Crippen molar-refractivity contribution in [3.8, 4) is 11.5 Å². The van der Waals surface area contributed by atoms with Crippen molar-refractivity contribution >= 4 is 11.8 Å². The number of nitrogens with zero attached hydrogens (tertiary/aromatic N) is 3. The number of aromatic nitrogens is 1. The summed E-state index contributed by atoms with van der Waals surface area (Å²) in [7, 11) is 0. The first kappa shape index (κ1) is 24.6. The topological polar surface area (TPSA) is 70.7 Å². The molecular weight excluding hydrogens is 428 g/mol. The monoisotopic (exact) mass is 468 g/mol. The number of hydrogen-bond acceptors (Lipinski definition) is 4. The lowest BCUT2D eigenvalue weighted by Crippen LogP contribution is -2.65. The number of nitrogens with one attached hydrogen (secondary N) is 1. The van der Waals surface area contributed by atoms with Crippen molar-refractivity contribution in [1.29, 1.82) is 0 Å². The van der Waals surface area contributed by atoms with Crippen LogP contribution in [0.3, 0.4) is 0 Å². The molecule has 0 aromatic carbocycles. The third-order valence-corrected chi connectivity index (χ3v) is 7.87. The highest BCUT2D eigenvalue weighted by Crippen LogP contribution is 2.34. The predicted octanol–water partition coefficient (Wildman–Crippen LogP) is 4.39. The maximum Gasteiger partial charge on any atom is 0.271 e. The minimum absolute atomic E-state index is 0.0482. The normalized spacial score (nSPS) is 25.0. The van der Waals surface area contributed by atoms with Crippen LogP contribution in [0, 0.1) is 5.92 Å². The largest absolute Gasteiger partial charge is 0.463 e. The molecule has 0 spiro atoms. The standard InChI is InChI=1S/C27H40N4O3/c1-5-29(6-2)16-8-17-31-25(32)23-15-14-22(24-9-7-18-34-24)30(23)19-27(31,4)26(33)28-21-12-10-20(3)11-13-21/h7,9,14-15,18,20-21H,5-6,8,10-13,16-17,19H2,1-4H3,(H,28,33). The molecule has 0 saturated heterocycles. The molecule has 2 amide bonds. The minimum atomic E-state index is -0.962. The molecule has 1 unspecified atom stereocenters. The molecule has 1 N–H and O–H groups in total. The van der Waals surface area contributed by atoms with Gasteiger partial charge in [-0.15, -0.1) is 0 Å². The average molecular weight is 469 g/mol. The third kappa shape index (κ3) is 4.81. The Morgan fingerprint density at radius 2 is 1.85 bits per heavy atom. The lowest BCUT2D eigenvalue weighted by atomic mass is 9.86. The van der Waals surface area contributed by atoms with Crippen LogP contribution >= 0.6 is 0 Å². The Morgan fingerprint density at radius 1 is 1.15 bits per heavy atom. The van der Waals surface area contributed by atoms with Gasteiger partial charge >= 0.3 is 0 Å². The number of amides is 2. The van der Waals surface area contributed by atoms with E-state index in [9.17, 15) is 9.59 Å². The van der Waals surface area contributed by atoms with Crippen LogP contribution < -0.4 is 5.32 Å². The SMILES string of the molecule is CCN(CC)CCCN1C(=O)c2ccc(-c3ccco3)n2CC1(C)C(=O)NC1CCC(C)CC1. The van der Waals surface area contributed by atoms with Gasteiger partial charge in [0.15, 0.2) is 0 Å². The van der Waals surface area contributed by atoms with Crippen molar-refractivity contribution in [2.24, 2.45) is 5.92 Å². The highest BCUT2D eigenvalue weighted by Gasteiger charge is 2.48. The number of hydrogen-bond donors (Lipinski definition) is 1. The van der Waals surface area contributed by atoms with E-state index in [2.05, 4.69) is 31.0 Å². The summed E-state index contributed by atoms with van der Waals surface area (Å²) < 4.78 is 7.59. The van der Waals surface area contributed by atoms with Crippen LogP contribution in [0.5, 0.6) is 0 Å². The molecule has 7 heteroatoms. The Bertz CT molecular complexity index is 970. The van der Waals surface area contributed by atoms with Gasteiger partial charge < -0.3 is 24.1 Å². The summed E-state index contributed by atoms with van der Waals surface area (Å²) in [5.41, 5.74) is 0.490. The smallest absolute Gasteiger partial charge is 0.271 e. The van der Waals surface area contributed by atoms with E-state index >= 15 is 0 Å². The Morgan fingerprint density at radius 3 is 2.50 bits per heavy atom. The minimum Gasteiger partial charge on any atom is -0.463 e. The quantitative estimate of drug-likeness (QED) is 0.593. The molecule has 2 aromatic rings. The van der Waals surface area contributed by atoms with Crippen LogP contribution in [0.15, 0.2) is 34.9 Å². The second kappa shape index (κ2) is 10.4. The Kier molecular flexibility index (Phi) is 7.51. The molecule has 2 aromatic heterocycles. The first-order chi connectivity index (χ1) is 16.4. The Hall–Kier alpha value is -2.54. The second-order valence-corrected chi connectivity index (χ2v) is 10.2. The fourth-order valence-electron chi connectivity index (χ4n) is 5.50. The molecule has 4 rings (SSSR count). The number of rotatable bonds is 9. The maximum absolute atomic E-state index is 13.8. The van der Waals surface area contributed by atoms with Crippen LogP contribution in [0.25, 0.3) is 11.5 Å². The van der Waals surface area contributed by atoms with Crippen molar-refractivity contribution in [3.05, 3.63) is 36.2 Å². The fourth-order valence-corrected chi connectivity index (χ4v) is 5.50. The molecule has 1 aliphatic carbocycles. The summed E-state index contributed by atoms with van der Waals surface area (Å²) in [4.78, 5) is 31.7. The summed E-state index contributed by atoms with van der Waals surface area (Å²) in [6, 6.07) is 7.70. The van der Waals surface area contributed by atoms with Gasteiger partial charge in [0.1, 0.15) is 17.0 Å². The van der Waals surface area contributed by atoms with Gasteiger partial charge in [0.25, 0.3) is 5.91 Å². The van der Waals surface area contributed by atoms with Crippen LogP contribution in [0.2, 0.25) is 0 Å². The molecule has 186 valence electrons. The van der Waals surface area contributed by atoms with E-state index in [0.717, 1.165) is 63.4 Å². The van der Waals surface area contributed by atoms with E-state index in [-0.39, 0.29) is 17.9 Å². The summed E-state index contributed by atoms with van der Waals surface area (Å²) in [5, 5.41) is 3.32. The van der Waals surface area contributed by atoms with E-state index in [4.69, 9.17) is 4.42 Å². The van der Waals surface area contributed by atoms with Crippen LogP contribution in [-0.2, 0) is 11.3 Å². The zero-order valence-electron chi connectivity index (χ0n) is 21.2. The van der Waals surface area contributed by atoms with Gasteiger partial charge in [0.05, 0.1) is 18.5 Å². The number of carbonyl (C=O) groups is 2. The van der Waals surface area contributed by atoms with E-state index < -0.39 is 5.54 Å².